The molecule has 7 rings (SSSR count). The summed E-state index contributed by atoms with van der Waals surface area (Å²) in [7, 11) is 0. The second-order valence-electron chi connectivity index (χ2n) is 9.44. The van der Waals surface area contributed by atoms with E-state index in [4.69, 9.17) is 32.5 Å². The summed E-state index contributed by atoms with van der Waals surface area (Å²) >= 11 is 18.2. The second kappa shape index (κ2) is 6.95. The summed E-state index contributed by atoms with van der Waals surface area (Å²) in [6, 6.07) is 5.52. The van der Waals surface area contributed by atoms with E-state index in [2.05, 4.69) is 36.4 Å². The van der Waals surface area contributed by atoms with E-state index in [1.807, 2.05) is 18.2 Å². The first-order valence-corrected chi connectivity index (χ1v) is 13.4. The van der Waals surface area contributed by atoms with Crippen molar-refractivity contribution in [3.8, 4) is 11.3 Å². The number of rotatable bonds is 6. The molecule has 0 amide bonds. The number of hydrogen-bond donors (Lipinski definition) is 0. The molecule has 2 unspecified atom stereocenters. The highest BCUT2D eigenvalue weighted by Gasteiger charge is 2.85. The SMILES string of the molecule is Clc1cccc(Cl)c1-c1noc(C2CC2)c1COC1CC23CC[C@@]2(C1)N3c1nc(Br)cs1. The van der Waals surface area contributed by atoms with E-state index in [0.29, 0.717) is 22.6 Å². The van der Waals surface area contributed by atoms with Gasteiger partial charge >= 0.3 is 0 Å². The quantitative estimate of drug-likeness (QED) is 0.302. The molecular weight excluding hydrogens is 533 g/mol. The van der Waals surface area contributed by atoms with Gasteiger partial charge in [-0.25, -0.2) is 4.98 Å². The van der Waals surface area contributed by atoms with Crippen LogP contribution in [-0.4, -0.2) is 27.3 Å². The van der Waals surface area contributed by atoms with Crippen molar-refractivity contribution in [2.75, 3.05) is 4.90 Å². The van der Waals surface area contributed by atoms with Crippen molar-refractivity contribution in [2.24, 2.45) is 0 Å². The summed E-state index contributed by atoms with van der Waals surface area (Å²) in [6.07, 6.45) is 7.05. The van der Waals surface area contributed by atoms with Gasteiger partial charge in [0.1, 0.15) is 16.1 Å². The van der Waals surface area contributed by atoms with Gasteiger partial charge in [0.2, 0.25) is 0 Å². The van der Waals surface area contributed by atoms with Crippen molar-refractivity contribution in [2.45, 2.75) is 68.2 Å². The third-order valence-corrected chi connectivity index (χ3v) is 10.0. The van der Waals surface area contributed by atoms with E-state index in [-0.39, 0.29) is 17.2 Å². The standard InChI is InChI=1S/C23H20BrCl2N3O2S/c24-17-11-32-21(27-17)29-22-6-7-23(22,29)9-13(8-22)30-10-14-19(28-31-20(14)12-4-5-12)18-15(25)2-1-3-16(18)26/h1-3,11-13H,4-10H2/t13?,22-,23?,29?/m0/s1. The van der Waals surface area contributed by atoms with Crippen LogP contribution >= 0.6 is 50.5 Å². The van der Waals surface area contributed by atoms with Gasteiger partial charge in [-0.05, 0) is 66.6 Å². The van der Waals surface area contributed by atoms with Gasteiger partial charge in [0.15, 0.2) is 5.13 Å². The Morgan fingerprint density at radius 1 is 1.19 bits per heavy atom. The Bertz CT molecular complexity index is 1200. The number of anilines is 1. The first-order chi connectivity index (χ1) is 15.5. The third kappa shape index (κ3) is 2.72. The predicted octanol–water partition coefficient (Wildman–Crippen LogP) is 7.22. The fraction of sp³-hybridized carbons (Fsp3) is 0.478. The average molecular weight is 553 g/mol. The monoisotopic (exact) mass is 551 g/mol. The zero-order chi connectivity index (χ0) is 21.7. The number of ether oxygens (including phenoxy) is 1. The molecule has 3 atom stereocenters. The number of hydrogen-bond acceptors (Lipinski definition) is 6. The molecule has 3 aliphatic carbocycles. The molecule has 3 aromatic rings. The minimum Gasteiger partial charge on any atom is -0.373 e. The van der Waals surface area contributed by atoms with Gasteiger partial charge in [0.05, 0.1) is 33.8 Å². The van der Waals surface area contributed by atoms with Gasteiger partial charge in [-0.3, -0.25) is 0 Å². The summed E-state index contributed by atoms with van der Waals surface area (Å²) in [5.74, 6) is 1.37. The zero-order valence-corrected chi connectivity index (χ0v) is 21.0. The van der Waals surface area contributed by atoms with Crippen LogP contribution in [-0.2, 0) is 11.3 Å². The van der Waals surface area contributed by atoms with E-state index >= 15 is 0 Å². The molecule has 5 nitrogen and oxygen atoms in total. The molecule has 32 heavy (non-hydrogen) atoms. The van der Waals surface area contributed by atoms with Crippen molar-refractivity contribution >= 4 is 55.6 Å². The van der Waals surface area contributed by atoms with Crippen LogP contribution in [0, 0.1) is 0 Å². The Kier molecular flexibility index (Phi) is 4.40. The molecule has 0 bridgehead atoms. The highest BCUT2D eigenvalue weighted by molar-refractivity contribution is 9.10. The molecule has 3 heterocycles. The van der Waals surface area contributed by atoms with Crippen LogP contribution < -0.4 is 4.90 Å². The molecule has 0 N–H and O–H groups in total. The first-order valence-electron chi connectivity index (χ1n) is 11.0. The molecule has 4 fully saturated rings. The molecule has 0 spiro atoms. The van der Waals surface area contributed by atoms with Crippen LogP contribution in [0.25, 0.3) is 11.3 Å². The van der Waals surface area contributed by atoms with Crippen molar-refractivity contribution in [3.63, 3.8) is 0 Å². The lowest BCUT2D eigenvalue weighted by Crippen LogP contribution is -2.30. The minimum absolute atomic E-state index is 0.230. The maximum Gasteiger partial charge on any atom is 0.187 e. The Morgan fingerprint density at radius 2 is 1.91 bits per heavy atom. The van der Waals surface area contributed by atoms with E-state index in [1.165, 1.54) is 12.8 Å². The second-order valence-corrected chi connectivity index (χ2v) is 11.9. The van der Waals surface area contributed by atoms with Crippen molar-refractivity contribution < 1.29 is 9.26 Å². The summed E-state index contributed by atoms with van der Waals surface area (Å²) in [5.41, 5.74) is 2.96. The lowest BCUT2D eigenvalue weighted by molar-refractivity contribution is 0.0373. The Morgan fingerprint density at radius 3 is 2.50 bits per heavy atom. The van der Waals surface area contributed by atoms with Crippen LogP contribution in [0.4, 0.5) is 5.13 Å². The number of benzene rings is 1. The molecule has 1 aliphatic heterocycles. The smallest absolute Gasteiger partial charge is 0.187 e. The van der Waals surface area contributed by atoms with Crippen LogP contribution in [0.15, 0.2) is 32.7 Å². The number of halogens is 3. The minimum atomic E-state index is 0.230. The predicted molar refractivity (Wildman–Crippen MR) is 129 cm³/mol. The molecule has 166 valence electrons. The topological polar surface area (TPSA) is 51.2 Å². The number of nitrogens with zero attached hydrogens (tertiary/aromatic N) is 3. The average Bonchev–Trinajstić information content (AvgIpc) is 3.47. The maximum absolute atomic E-state index is 6.53. The Hall–Kier alpha value is -1.12. The van der Waals surface area contributed by atoms with Crippen LogP contribution in [0.1, 0.15) is 55.8 Å². The molecule has 0 radical (unpaired) electrons. The fourth-order valence-corrected chi connectivity index (χ4v) is 8.17. The van der Waals surface area contributed by atoms with Gasteiger partial charge in [0.25, 0.3) is 0 Å². The lowest BCUT2D eigenvalue weighted by Gasteiger charge is -2.22. The van der Waals surface area contributed by atoms with E-state index < -0.39 is 0 Å². The third-order valence-electron chi connectivity index (χ3n) is 7.84. The number of thiazole rings is 1. The van der Waals surface area contributed by atoms with Gasteiger partial charge in [0, 0.05) is 22.4 Å². The molecule has 1 aromatic carbocycles. The molecule has 4 aliphatic rings. The van der Waals surface area contributed by atoms with Crippen LogP contribution in [0.2, 0.25) is 10.0 Å². The van der Waals surface area contributed by atoms with Gasteiger partial charge in [-0.1, -0.05) is 34.4 Å². The highest BCUT2D eigenvalue weighted by Crippen LogP contribution is 2.75. The normalized spacial score (nSPS) is 30.2. The summed E-state index contributed by atoms with van der Waals surface area (Å²) in [6.45, 7) is 0.478. The molecule has 2 aromatic heterocycles. The first kappa shape index (κ1) is 20.3. The van der Waals surface area contributed by atoms with Crippen molar-refractivity contribution in [1.29, 1.82) is 0 Å². The molecule has 1 saturated heterocycles. The van der Waals surface area contributed by atoms with Gasteiger partial charge in [-0.15, -0.1) is 11.3 Å². The van der Waals surface area contributed by atoms with Crippen molar-refractivity contribution in [1.82, 2.24) is 10.1 Å². The van der Waals surface area contributed by atoms with Gasteiger partial charge < -0.3 is 14.2 Å². The largest absolute Gasteiger partial charge is 0.373 e. The number of piperidine rings is 1. The van der Waals surface area contributed by atoms with E-state index in [0.717, 1.165) is 58.0 Å². The zero-order valence-electron chi connectivity index (χ0n) is 17.1. The number of aromatic nitrogens is 2. The molecule has 3 saturated carbocycles. The Labute approximate surface area is 208 Å². The lowest BCUT2D eigenvalue weighted by atomic mass is 9.77. The fourth-order valence-electron chi connectivity index (χ4n) is 6.16. The summed E-state index contributed by atoms with van der Waals surface area (Å²) < 4.78 is 13.2. The summed E-state index contributed by atoms with van der Waals surface area (Å²) in [4.78, 5) is 7.23. The van der Waals surface area contributed by atoms with Crippen molar-refractivity contribution in [3.05, 3.63) is 49.6 Å². The maximum atomic E-state index is 6.53. The van der Waals surface area contributed by atoms with E-state index in [9.17, 15) is 0 Å². The van der Waals surface area contributed by atoms with Crippen LogP contribution in [0.5, 0.6) is 0 Å². The Balaban J connectivity index is 1.13. The highest BCUT2D eigenvalue weighted by atomic mass is 79.9. The molecular formula is C23H20BrCl2N3O2S. The van der Waals surface area contributed by atoms with Crippen LogP contribution in [0.3, 0.4) is 0 Å². The van der Waals surface area contributed by atoms with Gasteiger partial charge in [-0.2, -0.15) is 0 Å². The summed E-state index contributed by atoms with van der Waals surface area (Å²) in [5, 5.41) is 8.75. The van der Waals surface area contributed by atoms with E-state index in [1.54, 1.807) is 11.3 Å². The molecule has 9 heteroatoms.